The van der Waals surface area contributed by atoms with Crippen molar-refractivity contribution in [3.05, 3.63) is 96.2 Å². The predicted molar refractivity (Wildman–Crippen MR) is 125 cm³/mol. The molecule has 2 unspecified atom stereocenters. The number of carbonyl (C=O) groups is 1. The molecule has 2 aromatic carbocycles. The lowest BCUT2D eigenvalue weighted by molar-refractivity contribution is 0.0826. The van der Waals surface area contributed by atoms with Gasteiger partial charge in [-0.05, 0) is 54.8 Å². The monoisotopic (exact) mass is 457 g/mol. The van der Waals surface area contributed by atoms with E-state index < -0.39 is 0 Å². The summed E-state index contributed by atoms with van der Waals surface area (Å²) < 4.78 is 20.3. The zero-order valence-corrected chi connectivity index (χ0v) is 18.7. The molecule has 0 saturated carbocycles. The van der Waals surface area contributed by atoms with Crippen molar-refractivity contribution >= 4 is 6.09 Å². The minimum absolute atomic E-state index is 0.00966. The molecule has 1 aliphatic rings. The average Bonchev–Trinajstić information content (AvgIpc) is 3.35. The molecule has 1 aliphatic heterocycles. The smallest absolute Gasteiger partial charge is 0.410 e. The van der Waals surface area contributed by atoms with E-state index in [1.807, 2.05) is 36.4 Å². The van der Waals surface area contributed by atoms with E-state index in [1.54, 1.807) is 40.2 Å². The van der Waals surface area contributed by atoms with E-state index in [4.69, 9.17) is 9.84 Å². The van der Waals surface area contributed by atoms with Crippen LogP contribution in [0.15, 0.2) is 79.1 Å². The minimum Gasteiger partial charge on any atom is -0.453 e. The van der Waals surface area contributed by atoms with Gasteiger partial charge in [0.25, 0.3) is 5.95 Å². The number of carbonyl (C=O) groups excluding carboxylic acids is 1. The number of nitrogens with zero attached hydrogens (tertiary/aromatic N) is 5. The summed E-state index contributed by atoms with van der Waals surface area (Å²) >= 11 is 0. The molecule has 2 aromatic heterocycles. The molecule has 5 rings (SSSR count). The van der Waals surface area contributed by atoms with Crippen molar-refractivity contribution in [2.24, 2.45) is 0 Å². The Morgan fingerprint density at radius 1 is 1.00 bits per heavy atom. The maximum absolute atomic E-state index is 13.5. The molecule has 172 valence electrons. The van der Waals surface area contributed by atoms with Crippen LogP contribution in [0.1, 0.15) is 36.1 Å². The Bertz CT molecular complexity index is 1260. The first-order chi connectivity index (χ1) is 16.6. The van der Waals surface area contributed by atoms with Gasteiger partial charge in [0, 0.05) is 30.4 Å². The maximum atomic E-state index is 13.5. The number of halogens is 1. The van der Waals surface area contributed by atoms with Gasteiger partial charge < -0.3 is 9.64 Å². The molecule has 7 nitrogen and oxygen atoms in total. The first kappa shape index (κ1) is 21.8. The average molecular weight is 458 g/mol. The van der Waals surface area contributed by atoms with Crippen molar-refractivity contribution in [3.63, 3.8) is 0 Å². The Balaban J connectivity index is 1.53. The molecule has 0 spiro atoms. The highest BCUT2D eigenvalue weighted by Crippen LogP contribution is 2.39. The van der Waals surface area contributed by atoms with Crippen LogP contribution in [0.3, 0.4) is 0 Å². The summed E-state index contributed by atoms with van der Waals surface area (Å²) in [6.45, 7) is 0.466. The van der Waals surface area contributed by atoms with Crippen LogP contribution in [0, 0.1) is 5.82 Å². The summed E-state index contributed by atoms with van der Waals surface area (Å²) in [4.78, 5) is 23.3. The highest BCUT2D eigenvalue weighted by molar-refractivity contribution is 5.68. The summed E-state index contributed by atoms with van der Waals surface area (Å²) in [6, 6.07) is 19.9. The van der Waals surface area contributed by atoms with E-state index in [-0.39, 0.29) is 23.9 Å². The van der Waals surface area contributed by atoms with Gasteiger partial charge >= 0.3 is 6.09 Å². The van der Waals surface area contributed by atoms with E-state index in [0.717, 1.165) is 29.7 Å². The third-order valence-corrected chi connectivity index (χ3v) is 6.21. The molecule has 4 aromatic rings. The zero-order chi connectivity index (χ0) is 23.5. The Hall–Kier alpha value is -4.07. The second-order valence-electron chi connectivity index (χ2n) is 8.25. The van der Waals surface area contributed by atoms with Gasteiger partial charge in [0.15, 0.2) is 0 Å². The van der Waals surface area contributed by atoms with Crippen LogP contribution in [-0.4, -0.2) is 44.4 Å². The van der Waals surface area contributed by atoms with Crippen molar-refractivity contribution in [2.75, 3.05) is 13.7 Å². The van der Waals surface area contributed by atoms with Crippen LogP contribution >= 0.6 is 0 Å². The lowest BCUT2D eigenvalue weighted by atomic mass is 9.87. The molecule has 34 heavy (non-hydrogen) atoms. The molecular formula is C26H24FN5O2. The highest BCUT2D eigenvalue weighted by atomic mass is 19.1. The molecule has 3 heterocycles. The van der Waals surface area contributed by atoms with Crippen LogP contribution in [0.25, 0.3) is 17.2 Å². The number of amides is 1. The van der Waals surface area contributed by atoms with Crippen molar-refractivity contribution in [1.29, 1.82) is 0 Å². The number of aromatic nitrogens is 4. The third-order valence-electron chi connectivity index (χ3n) is 6.21. The van der Waals surface area contributed by atoms with E-state index in [9.17, 15) is 9.18 Å². The van der Waals surface area contributed by atoms with Gasteiger partial charge in [-0.2, -0.15) is 5.10 Å². The van der Waals surface area contributed by atoms with E-state index >= 15 is 0 Å². The number of benzene rings is 2. The summed E-state index contributed by atoms with van der Waals surface area (Å²) in [6.07, 6.45) is 4.58. The molecule has 0 aliphatic carbocycles. The van der Waals surface area contributed by atoms with Crippen LogP contribution in [0.4, 0.5) is 9.18 Å². The fourth-order valence-corrected chi connectivity index (χ4v) is 4.56. The van der Waals surface area contributed by atoms with Crippen LogP contribution in [-0.2, 0) is 4.74 Å². The molecule has 8 heteroatoms. The Morgan fingerprint density at radius 3 is 2.44 bits per heavy atom. The lowest BCUT2D eigenvalue weighted by Crippen LogP contribution is -2.41. The van der Waals surface area contributed by atoms with Gasteiger partial charge in [0.05, 0.1) is 24.5 Å². The van der Waals surface area contributed by atoms with E-state index in [0.29, 0.717) is 18.2 Å². The Kier molecular flexibility index (Phi) is 6.03. The zero-order valence-electron chi connectivity index (χ0n) is 18.7. The summed E-state index contributed by atoms with van der Waals surface area (Å²) in [5, 5.41) is 4.76. The molecule has 2 atom stereocenters. The molecule has 0 N–H and O–H groups in total. The number of ether oxygens (including phenoxy) is 1. The number of likely N-dealkylation sites (tertiary alicyclic amines) is 1. The molecule has 0 radical (unpaired) electrons. The summed E-state index contributed by atoms with van der Waals surface area (Å²) in [7, 11) is 1.41. The number of rotatable bonds is 4. The number of piperidine rings is 1. The minimum atomic E-state index is -0.362. The maximum Gasteiger partial charge on any atom is 0.410 e. The first-order valence-corrected chi connectivity index (χ1v) is 11.2. The summed E-state index contributed by atoms with van der Waals surface area (Å²) in [5.74, 6) is 0.132. The van der Waals surface area contributed by atoms with Gasteiger partial charge in [-0.1, -0.05) is 30.3 Å². The van der Waals surface area contributed by atoms with Crippen molar-refractivity contribution < 1.29 is 13.9 Å². The van der Waals surface area contributed by atoms with Gasteiger partial charge in [-0.15, -0.1) is 0 Å². The Labute approximate surface area is 196 Å². The topological polar surface area (TPSA) is 73.1 Å². The highest BCUT2D eigenvalue weighted by Gasteiger charge is 2.35. The van der Waals surface area contributed by atoms with Gasteiger partial charge in [0.1, 0.15) is 5.82 Å². The SMILES string of the molecule is COC(=O)N1CC(c2cc(-c3ccc(F)cc3)nn2-c2ncccn2)CCC1c1ccccc1. The number of hydrogen-bond donors (Lipinski definition) is 0. The lowest BCUT2D eigenvalue weighted by Gasteiger charge is -2.39. The van der Waals surface area contributed by atoms with Gasteiger partial charge in [-0.25, -0.2) is 23.8 Å². The second kappa shape index (κ2) is 9.43. The fraction of sp³-hybridized carbons (Fsp3) is 0.231. The van der Waals surface area contributed by atoms with Crippen LogP contribution in [0.2, 0.25) is 0 Å². The van der Waals surface area contributed by atoms with Crippen molar-refractivity contribution in [2.45, 2.75) is 24.8 Å². The quantitative estimate of drug-likeness (QED) is 0.424. The third kappa shape index (κ3) is 4.26. The summed E-state index contributed by atoms with van der Waals surface area (Å²) in [5.41, 5.74) is 3.46. The molecule has 1 saturated heterocycles. The molecule has 1 fully saturated rings. The van der Waals surface area contributed by atoms with Crippen LogP contribution in [0.5, 0.6) is 0 Å². The second-order valence-corrected chi connectivity index (χ2v) is 8.25. The predicted octanol–water partition coefficient (Wildman–Crippen LogP) is 5.16. The molecular weight excluding hydrogens is 433 g/mol. The van der Waals surface area contributed by atoms with Gasteiger partial charge in [-0.3, -0.25) is 0 Å². The standard InChI is InChI=1S/C26H24FN5O2/c1-34-26(33)31-17-20(10-13-23(31)19-6-3-2-4-7-19)24-16-22(18-8-11-21(27)12-9-18)30-32(24)25-28-14-5-15-29-25/h2-9,11-12,14-16,20,23H,10,13,17H2,1H3. The first-order valence-electron chi connectivity index (χ1n) is 11.2. The van der Waals surface area contributed by atoms with E-state index in [1.165, 1.54) is 19.2 Å². The van der Waals surface area contributed by atoms with Crippen molar-refractivity contribution in [1.82, 2.24) is 24.6 Å². The number of hydrogen-bond acceptors (Lipinski definition) is 5. The Morgan fingerprint density at radius 2 is 1.74 bits per heavy atom. The van der Waals surface area contributed by atoms with Crippen molar-refractivity contribution in [3.8, 4) is 17.2 Å². The largest absolute Gasteiger partial charge is 0.453 e. The van der Waals surface area contributed by atoms with Gasteiger partial charge in [0.2, 0.25) is 0 Å². The number of methoxy groups -OCH3 is 1. The molecule has 1 amide bonds. The van der Waals surface area contributed by atoms with E-state index in [2.05, 4.69) is 9.97 Å². The van der Waals surface area contributed by atoms with Crippen LogP contribution < -0.4 is 0 Å². The normalized spacial score (nSPS) is 18.0. The fourth-order valence-electron chi connectivity index (χ4n) is 4.56. The molecule has 0 bridgehead atoms.